The van der Waals surface area contributed by atoms with Crippen molar-refractivity contribution < 1.29 is 14.6 Å². The summed E-state index contributed by atoms with van der Waals surface area (Å²) in [6, 6.07) is 17.0. The first kappa shape index (κ1) is 21.0. The van der Waals surface area contributed by atoms with Crippen molar-refractivity contribution in [3.05, 3.63) is 65.2 Å². The molecule has 26 heavy (non-hydrogen) atoms. The Hall–Kier alpha value is -1.32. The van der Waals surface area contributed by atoms with Gasteiger partial charge in [0.2, 0.25) is 0 Å². The van der Waals surface area contributed by atoms with Gasteiger partial charge in [0.1, 0.15) is 0 Å². The number of ether oxygens (including phenoxy) is 1. The number of carbonyl (C=O) groups is 1. The molecule has 3 nitrogen and oxygen atoms in total. The van der Waals surface area contributed by atoms with Crippen LogP contribution in [0.1, 0.15) is 39.4 Å². The summed E-state index contributed by atoms with van der Waals surface area (Å²) >= 11 is 5.97. The molecule has 0 saturated carbocycles. The van der Waals surface area contributed by atoms with Crippen LogP contribution in [-0.4, -0.2) is 31.6 Å². The third-order valence-electron chi connectivity index (χ3n) is 3.80. The van der Waals surface area contributed by atoms with Crippen LogP contribution < -0.4 is 4.46 Å². The fourth-order valence-electron chi connectivity index (χ4n) is 2.60. The molecule has 0 amide bonds. The molecule has 2 aromatic rings. The molecule has 0 aliphatic carbocycles. The predicted octanol–water partition coefficient (Wildman–Crippen LogP) is 4.17. The molecule has 2 aromatic carbocycles. The van der Waals surface area contributed by atoms with Crippen LogP contribution in [0, 0.1) is 5.92 Å². The molecule has 3 atom stereocenters. The maximum atomic E-state index is 12.9. The van der Waals surface area contributed by atoms with Gasteiger partial charge in [-0.3, -0.25) is 0 Å². The molecule has 0 fully saturated rings. The van der Waals surface area contributed by atoms with Gasteiger partial charge in [-0.15, -0.1) is 0 Å². The summed E-state index contributed by atoms with van der Waals surface area (Å²) < 4.78 is 6.79. The summed E-state index contributed by atoms with van der Waals surface area (Å²) in [5.41, 5.74) is 0.0649. The van der Waals surface area contributed by atoms with Crippen molar-refractivity contribution in [2.75, 3.05) is 0 Å². The van der Waals surface area contributed by atoms with Gasteiger partial charge >= 0.3 is 167 Å². The molecule has 0 aliphatic rings. The number of hydrogen-bond donors (Lipinski definition) is 1. The molecule has 1 N–H and O–H groups in total. The number of esters is 1. The van der Waals surface area contributed by atoms with E-state index in [2.05, 4.69) is 12.1 Å². The van der Waals surface area contributed by atoms with Gasteiger partial charge in [0.05, 0.1) is 0 Å². The van der Waals surface area contributed by atoms with Gasteiger partial charge in [0.25, 0.3) is 0 Å². The summed E-state index contributed by atoms with van der Waals surface area (Å²) in [5.74, 6) is -1.01. The Morgan fingerprint density at radius 1 is 1.08 bits per heavy atom. The quantitative estimate of drug-likeness (QED) is 0.543. The summed E-state index contributed by atoms with van der Waals surface area (Å²) in [6.07, 6.45) is -0.942. The molecule has 0 aliphatic heterocycles. The second-order valence-corrected chi connectivity index (χ2v) is 10.7. The Bertz CT molecular complexity index is 710. The number of aliphatic hydroxyl groups excluding tert-OH is 1. The van der Waals surface area contributed by atoms with E-state index < -0.39 is 17.6 Å². The average molecular weight is 440 g/mol. The zero-order valence-electron chi connectivity index (χ0n) is 15.5. The van der Waals surface area contributed by atoms with E-state index in [1.54, 1.807) is 24.3 Å². The van der Waals surface area contributed by atoms with Crippen LogP contribution in [0.15, 0.2) is 54.6 Å². The Balaban J connectivity index is 2.28. The third kappa shape index (κ3) is 6.14. The summed E-state index contributed by atoms with van der Waals surface area (Å²) in [5, 5.41) is 11.5. The molecule has 0 radical (unpaired) electrons. The van der Waals surface area contributed by atoms with Crippen LogP contribution in [-0.2, 0) is 9.53 Å². The van der Waals surface area contributed by atoms with Crippen molar-refractivity contribution in [1.82, 2.24) is 0 Å². The number of halogens is 1. The molecular formula is C21H25ClO3Se. The van der Waals surface area contributed by atoms with E-state index in [9.17, 15) is 9.90 Å². The molecule has 140 valence electrons. The number of hydrogen-bond acceptors (Lipinski definition) is 3. The van der Waals surface area contributed by atoms with Crippen molar-refractivity contribution >= 4 is 37.0 Å². The van der Waals surface area contributed by atoms with E-state index in [4.69, 9.17) is 16.3 Å². The topological polar surface area (TPSA) is 46.5 Å². The van der Waals surface area contributed by atoms with Crippen molar-refractivity contribution in [3.8, 4) is 0 Å². The standard InChI is InChI=1S/C21H25ClO3Se/c1-14(26-17-8-6-5-7-9-17)18(20(24)25-21(2,3)4)19(23)15-10-12-16(22)13-11-15/h5-14,18-19,23H,1-4H3/t14-,18-,19-/m0/s1. The Morgan fingerprint density at radius 2 is 1.65 bits per heavy atom. The molecule has 0 spiro atoms. The second kappa shape index (κ2) is 9.05. The van der Waals surface area contributed by atoms with Crippen molar-refractivity contribution in [3.63, 3.8) is 0 Å². The number of rotatable bonds is 6. The molecule has 5 heteroatoms. The van der Waals surface area contributed by atoms with Gasteiger partial charge < -0.3 is 0 Å². The minimum atomic E-state index is -0.942. The summed E-state index contributed by atoms with van der Waals surface area (Å²) in [7, 11) is 0. The van der Waals surface area contributed by atoms with Gasteiger partial charge in [-0.25, -0.2) is 0 Å². The van der Waals surface area contributed by atoms with Crippen LogP contribution in [0.25, 0.3) is 0 Å². The Morgan fingerprint density at radius 3 is 2.19 bits per heavy atom. The van der Waals surface area contributed by atoms with E-state index >= 15 is 0 Å². The number of benzene rings is 2. The Labute approximate surface area is 166 Å². The van der Waals surface area contributed by atoms with Crippen LogP contribution in [0.5, 0.6) is 0 Å². The van der Waals surface area contributed by atoms with Gasteiger partial charge in [-0.05, 0) is 0 Å². The van der Waals surface area contributed by atoms with E-state index in [0.29, 0.717) is 10.6 Å². The van der Waals surface area contributed by atoms with Crippen molar-refractivity contribution in [1.29, 1.82) is 0 Å². The van der Waals surface area contributed by atoms with E-state index in [1.807, 2.05) is 45.9 Å². The van der Waals surface area contributed by atoms with Crippen LogP contribution in [0.2, 0.25) is 9.84 Å². The normalized spacial score (nSPS) is 15.2. The van der Waals surface area contributed by atoms with E-state index in [1.165, 1.54) is 4.46 Å². The molecular weight excluding hydrogens is 415 g/mol. The van der Waals surface area contributed by atoms with Crippen molar-refractivity contribution in [2.45, 2.75) is 44.2 Å². The molecule has 0 heterocycles. The maximum absolute atomic E-state index is 12.9. The van der Waals surface area contributed by atoms with Crippen LogP contribution in [0.3, 0.4) is 0 Å². The van der Waals surface area contributed by atoms with Crippen LogP contribution in [0.4, 0.5) is 0 Å². The van der Waals surface area contributed by atoms with Gasteiger partial charge in [-0.1, -0.05) is 0 Å². The Kier molecular flexibility index (Phi) is 7.31. The molecule has 0 saturated heterocycles. The zero-order chi connectivity index (χ0) is 19.3. The monoisotopic (exact) mass is 440 g/mol. The van der Waals surface area contributed by atoms with E-state index in [-0.39, 0.29) is 25.7 Å². The third-order valence-corrected chi connectivity index (χ3v) is 6.59. The first-order chi connectivity index (χ1) is 12.2. The average Bonchev–Trinajstić information content (AvgIpc) is 2.54. The minimum absolute atomic E-state index is 0.0240. The number of carbonyl (C=O) groups excluding carboxylic acids is 1. The molecule has 2 rings (SSSR count). The van der Waals surface area contributed by atoms with Gasteiger partial charge in [0, 0.05) is 0 Å². The first-order valence-corrected chi connectivity index (χ1v) is 10.8. The summed E-state index contributed by atoms with van der Waals surface area (Å²) in [4.78, 5) is 12.8. The van der Waals surface area contributed by atoms with E-state index in [0.717, 1.165) is 0 Å². The van der Waals surface area contributed by atoms with Gasteiger partial charge in [-0.2, -0.15) is 0 Å². The summed E-state index contributed by atoms with van der Waals surface area (Å²) in [6.45, 7) is 7.51. The first-order valence-electron chi connectivity index (χ1n) is 8.55. The molecule has 0 aromatic heterocycles. The van der Waals surface area contributed by atoms with Crippen molar-refractivity contribution in [2.24, 2.45) is 5.92 Å². The fraction of sp³-hybridized carbons (Fsp3) is 0.381. The fourth-order valence-corrected chi connectivity index (χ4v) is 5.14. The number of aliphatic hydroxyl groups is 1. The zero-order valence-corrected chi connectivity index (χ0v) is 17.9. The SMILES string of the molecule is C[C@H]([Se]c1ccccc1)[C@H](C(=O)OC(C)(C)C)[C@@H](O)c1ccc(Cl)cc1. The van der Waals surface area contributed by atoms with Crippen LogP contribution >= 0.6 is 11.6 Å². The van der Waals surface area contributed by atoms with Gasteiger partial charge in [0.15, 0.2) is 0 Å². The predicted molar refractivity (Wildman–Crippen MR) is 107 cm³/mol. The second-order valence-electron chi connectivity index (χ2n) is 7.19. The molecule has 0 bridgehead atoms. The molecule has 0 unspecified atom stereocenters.